The highest BCUT2D eigenvalue weighted by Gasteiger charge is 2.23. The van der Waals surface area contributed by atoms with Crippen LogP contribution in [0.4, 0.5) is 5.69 Å². The van der Waals surface area contributed by atoms with Gasteiger partial charge in [-0.15, -0.1) is 0 Å². The number of hydrogen-bond donors (Lipinski definition) is 1. The van der Waals surface area contributed by atoms with Crippen molar-refractivity contribution < 1.29 is 13.9 Å². The van der Waals surface area contributed by atoms with Gasteiger partial charge in [0.2, 0.25) is 5.91 Å². The number of ether oxygens (including phenoxy) is 1. The average molecular weight is 314 g/mol. The van der Waals surface area contributed by atoms with Gasteiger partial charge >= 0.3 is 0 Å². The minimum absolute atomic E-state index is 0.0207. The number of carbonyl (C=O) groups is 1. The number of amides is 1. The third-order valence-electron chi connectivity index (χ3n) is 4.17. The zero-order valence-corrected chi connectivity index (χ0v) is 13.5. The van der Waals surface area contributed by atoms with Crippen molar-refractivity contribution >= 4 is 11.6 Å². The van der Waals surface area contributed by atoms with Crippen LogP contribution < -0.4 is 15.0 Å². The first-order valence-corrected chi connectivity index (χ1v) is 7.92. The average Bonchev–Trinajstić information content (AvgIpc) is 3.09. The number of furan rings is 1. The quantitative estimate of drug-likeness (QED) is 0.922. The molecule has 0 fully saturated rings. The summed E-state index contributed by atoms with van der Waals surface area (Å²) < 4.78 is 10.8. The van der Waals surface area contributed by atoms with Crippen LogP contribution in [0.15, 0.2) is 41.0 Å². The van der Waals surface area contributed by atoms with Crippen LogP contribution in [0.1, 0.15) is 30.7 Å². The molecule has 1 atom stereocenters. The molecule has 0 saturated carbocycles. The predicted molar refractivity (Wildman–Crippen MR) is 88.8 cm³/mol. The Bertz CT molecular complexity index is 653. The maximum absolute atomic E-state index is 12.4. The number of anilines is 1. The molecule has 1 aliphatic heterocycles. The lowest BCUT2D eigenvalue weighted by atomic mass is 10.0. The van der Waals surface area contributed by atoms with E-state index in [2.05, 4.69) is 16.3 Å². The van der Waals surface area contributed by atoms with Crippen molar-refractivity contribution in [3.8, 4) is 5.75 Å². The number of nitrogens with zero attached hydrogens (tertiary/aromatic N) is 1. The SMILES string of the molecule is COc1cccc2c1N(CC(=O)NC(C)c1ccco1)CCC2. The smallest absolute Gasteiger partial charge is 0.240 e. The highest BCUT2D eigenvalue weighted by atomic mass is 16.5. The summed E-state index contributed by atoms with van der Waals surface area (Å²) in [6.45, 7) is 3.09. The molecule has 1 amide bonds. The molecule has 122 valence electrons. The number of methoxy groups -OCH3 is 1. The van der Waals surface area contributed by atoms with E-state index in [1.807, 2.05) is 31.2 Å². The molecular weight excluding hydrogens is 292 g/mol. The van der Waals surface area contributed by atoms with E-state index < -0.39 is 0 Å². The van der Waals surface area contributed by atoms with Crippen molar-refractivity contribution in [2.45, 2.75) is 25.8 Å². The van der Waals surface area contributed by atoms with Crippen molar-refractivity contribution in [2.75, 3.05) is 25.1 Å². The van der Waals surface area contributed by atoms with Crippen molar-refractivity contribution in [1.29, 1.82) is 0 Å². The molecule has 1 aromatic heterocycles. The van der Waals surface area contributed by atoms with Gasteiger partial charge in [-0.1, -0.05) is 12.1 Å². The Balaban J connectivity index is 1.71. The van der Waals surface area contributed by atoms with Crippen LogP contribution in [0.3, 0.4) is 0 Å². The summed E-state index contributed by atoms with van der Waals surface area (Å²) in [5, 5.41) is 2.98. The summed E-state index contributed by atoms with van der Waals surface area (Å²) in [5.41, 5.74) is 2.28. The normalized spacial score (nSPS) is 15.0. The Morgan fingerprint density at radius 3 is 3.00 bits per heavy atom. The summed E-state index contributed by atoms with van der Waals surface area (Å²) in [7, 11) is 1.67. The summed E-state index contributed by atoms with van der Waals surface area (Å²) in [5.74, 6) is 1.57. The lowest BCUT2D eigenvalue weighted by molar-refractivity contribution is -0.120. The van der Waals surface area contributed by atoms with E-state index in [0.717, 1.165) is 36.6 Å². The van der Waals surface area contributed by atoms with Crippen LogP contribution in [0.25, 0.3) is 0 Å². The van der Waals surface area contributed by atoms with E-state index in [9.17, 15) is 4.79 Å². The molecule has 0 aliphatic carbocycles. The lowest BCUT2D eigenvalue weighted by Crippen LogP contribution is -2.40. The number of rotatable bonds is 5. The van der Waals surface area contributed by atoms with Gasteiger partial charge in [-0.25, -0.2) is 0 Å². The molecule has 1 unspecified atom stereocenters. The number of carbonyl (C=O) groups excluding carboxylic acids is 1. The standard InChI is InChI=1S/C18H22N2O3/c1-13(15-9-5-11-23-15)19-17(21)12-20-10-4-7-14-6-3-8-16(22-2)18(14)20/h3,5-6,8-9,11,13H,4,7,10,12H2,1-2H3,(H,19,21). The fourth-order valence-corrected chi connectivity index (χ4v) is 3.09. The zero-order chi connectivity index (χ0) is 16.2. The van der Waals surface area contributed by atoms with E-state index >= 15 is 0 Å². The number of benzene rings is 1. The molecule has 3 rings (SSSR count). The van der Waals surface area contributed by atoms with Crippen LogP contribution in [0.2, 0.25) is 0 Å². The highest BCUT2D eigenvalue weighted by Crippen LogP contribution is 2.35. The molecular formula is C18H22N2O3. The molecule has 23 heavy (non-hydrogen) atoms. The maximum atomic E-state index is 12.4. The lowest BCUT2D eigenvalue weighted by Gasteiger charge is -2.32. The van der Waals surface area contributed by atoms with Gasteiger partial charge in [0.15, 0.2) is 0 Å². The molecule has 2 heterocycles. The fourth-order valence-electron chi connectivity index (χ4n) is 3.09. The Hall–Kier alpha value is -2.43. The molecule has 1 aromatic carbocycles. The van der Waals surface area contributed by atoms with Gasteiger partial charge in [0.25, 0.3) is 0 Å². The van der Waals surface area contributed by atoms with Gasteiger partial charge in [0.05, 0.1) is 31.6 Å². The maximum Gasteiger partial charge on any atom is 0.240 e. The minimum atomic E-state index is -0.139. The number of aryl methyl sites for hydroxylation is 1. The van der Waals surface area contributed by atoms with Gasteiger partial charge in [-0.3, -0.25) is 4.79 Å². The van der Waals surface area contributed by atoms with Crippen LogP contribution in [-0.2, 0) is 11.2 Å². The van der Waals surface area contributed by atoms with Crippen LogP contribution in [0, 0.1) is 0 Å². The molecule has 2 aromatic rings. The van der Waals surface area contributed by atoms with Crippen LogP contribution in [-0.4, -0.2) is 26.1 Å². The molecule has 5 heteroatoms. The van der Waals surface area contributed by atoms with E-state index in [4.69, 9.17) is 9.15 Å². The topological polar surface area (TPSA) is 54.7 Å². The van der Waals surface area contributed by atoms with Gasteiger partial charge < -0.3 is 19.4 Å². The largest absolute Gasteiger partial charge is 0.495 e. The molecule has 0 saturated heterocycles. The summed E-state index contributed by atoms with van der Waals surface area (Å²) in [6, 6.07) is 9.60. The second-order valence-corrected chi connectivity index (χ2v) is 5.80. The van der Waals surface area contributed by atoms with Crippen LogP contribution in [0.5, 0.6) is 5.75 Å². The van der Waals surface area contributed by atoms with E-state index in [-0.39, 0.29) is 11.9 Å². The molecule has 0 radical (unpaired) electrons. The molecule has 0 spiro atoms. The Kier molecular flexibility index (Phi) is 4.55. The molecule has 5 nitrogen and oxygen atoms in total. The molecule has 0 bridgehead atoms. The summed E-state index contributed by atoms with van der Waals surface area (Å²) >= 11 is 0. The predicted octanol–water partition coefficient (Wildman–Crippen LogP) is 2.92. The van der Waals surface area contributed by atoms with Crippen molar-refractivity contribution in [3.05, 3.63) is 47.9 Å². The number of fused-ring (bicyclic) bond motifs is 1. The second kappa shape index (κ2) is 6.77. The number of hydrogen-bond acceptors (Lipinski definition) is 4. The first kappa shape index (κ1) is 15.5. The van der Waals surface area contributed by atoms with E-state index in [0.29, 0.717) is 6.54 Å². The number of para-hydroxylation sites is 1. The van der Waals surface area contributed by atoms with Crippen LogP contribution >= 0.6 is 0 Å². The zero-order valence-electron chi connectivity index (χ0n) is 13.5. The first-order valence-electron chi connectivity index (χ1n) is 7.92. The minimum Gasteiger partial charge on any atom is -0.495 e. The molecule has 1 aliphatic rings. The van der Waals surface area contributed by atoms with Crippen molar-refractivity contribution in [1.82, 2.24) is 5.32 Å². The third-order valence-corrected chi connectivity index (χ3v) is 4.17. The van der Waals surface area contributed by atoms with E-state index in [1.165, 1.54) is 5.56 Å². The van der Waals surface area contributed by atoms with Gasteiger partial charge in [-0.2, -0.15) is 0 Å². The summed E-state index contributed by atoms with van der Waals surface area (Å²) in [6.07, 6.45) is 3.68. The highest BCUT2D eigenvalue weighted by molar-refractivity contribution is 5.83. The third kappa shape index (κ3) is 3.33. The van der Waals surface area contributed by atoms with Gasteiger partial charge in [0, 0.05) is 6.54 Å². The van der Waals surface area contributed by atoms with Crippen molar-refractivity contribution in [2.24, 2.45) is 0 Å². The van der Waals surface area contributed by atoms with E-state index in [1.54, 1.807) is 13.4 Å². The molecule has 1 N–H and O–H groups in total. The summed E-state index contributed by atoms with van der Waals surface area (Å²) in [4.78, 5) is 14.5. The van der Waals surface area contributed by atoms with Crippen molar-refractivity contribution in [3.63, 3.8) is 0 Å². The Morgan fingerprint density at radius 1 is 1.39 bits per heavy atom. The van der Waals surface area contributed by atoms with Gasteiger partial charge in [-0.05, 0) is 43.5 Å². The van der Waals surface area contributed by atoms with Gasteiger partial charge in [0.1, 0.15) is 11.5 Å². The number of nitrogens with one attached hydrogen (secondary N) is 1. The first-order chi connectivity index (χ1) is 11.2. The monoisotopic (exact) mass is 314 g/mol. The second-order valence-electron chi connectivity index (χ2n) is 5.80. The fraction of sp³-hybridized carbons (Fsp3) is 0.389. The Labute approximate surface area is 136 Å². The Morgan fingerprint density at radius 2 is 2.26 bits per heavy atom.